The molecule has 0 aliphatic carbocycles. The van der Waals surface area contributed by atoms with E-state index in [-0.39, 0.29) is 12.3 Å². The van der Waals surface area contributed by atoms with E-state index in [1.54, 1.807) is 31.2 Å². The lowest BCUT2D eigenvalue weighted by Crippen LogP contribution is -2.30. The summed E-state index contributed by atoms with van der Waals surface area (Å²) < 4.78 is 4.71. The minimum absolute atomic E-state index is 0.00278. The highest BCUT2D eigenvalue weighted by Gasteiger charge is 2.23. The molecule has 122 valence electrons. The van der Waals surface area contributed by atoms with Crippen molar-refractivity contribution in [3.8, 4) is 0 Å². The number of halogens is 1. The zero-order valence-electron chi connectivity index (χ0n) is 13.1. The van der Waals surface area contributed by atoms with Gasteiger partial charge in [-0.15, -0.1) is 11.3 Å². The van der Waals surface area contributed by atoms with E-state index in [2.05, 4.69) is 10.3 Å². The van der Waals surface area contributed by atoms with E-state index in [0.29, 0.717) is 21.2 Å². The maximum absolute atomic E-state index is 12.5. The molecule has 0 bridgehead atoms. The maximum atomic E-state index is 12.5. The molecule has 7 heteroatoms. The Bertz CT molecular complexity index is 730. The van der Waals surface area contributed by atoms with Gasteiger partial charge in [-0.1, -0.05) is 29.8 Å². The van der Waals surface area contributed by atoms with Gasteiger partial charge in [-0.05, 0) is 25.5 Å². The third kappa shape index (κ3) is 4.30. The second kappa shape index (κ2) is 7.57. The molecule has 2 rings (SSSR count). The van der Waals surface area contributed by atoms with Crippen LogP contribution in [-0.2, 0) is 9.53 Å². The fourth-order valence-electron chi connectivity index (χ4n) is 2.21. The maximum Gasteiger partial charge on any atom is 0.307 e. The molecule has 1 aromatic heterocycles. The number of methoxy groups -OCH3 is 1. The van der Waals surface area contributed by atoms with Crippen LogP contribution in [0.3, 0.4) is 0 Å². The van der Waals surface area contributed by atoms with E-state index >= 15 is 0 Å². The van der Waals surface area contributed by atoms with Gasteiger partial charge in [0.15, 0.2) is 0 Å². The van der Waals surface area contributed by atoms with Gasteiger partial charge >= 0.3 is 5.97 Å². The lowest BCUT2D eigenvalue weighted by Gasteiger charge is -2.19. The minimum atomic E-state index is -0.564. The van der Waals surface area contributed by atoms with Crippen molar-refractivity contribution in [2.24, 2.45) is 0 Å². The number of rotatable bonds is 5. The number of thiazole rings is 1. The topological polar surface area (TPSA) is 68.3 Å². The minimum Gasteiger partial charge on any atom is -0.469 e. The number of nitrogens with one attached hydrogen (secondary N) is 1. The van der Waals surface area contributed by atoms with Crippen LogP contribution in [-0.4, -0.2) is 24.0 Å². The molecule has 1 atom stereocenters. The molecule has 5 nitrogen and oxygen atoms in total. The van der Waals surface area contributed by atoms with Gasteiger partial charge < -0.3 is 10.1 Å². The third-order valence-electron chi connectivity index (χ3n) is 3.29. The molecule has 1 N–H and O–H groups in total. The van der Waals surface area contributed by atoms with Gasteiger partial charge in [0.05, 0.1) is 30.3 Å². The van der Waals surface area contributed by atoms with E-state index in [4.69, 9.17) is 16.3 Å². The molecule has 0 saturated carbocycles. The Hall–Kier alpha value is -1.92. The number of amides is 1. The van der Waals surface area contributed by atoms with Gasteiger partial charge in [0.2, 0.25) is 0 Å². The quantitative estimate of drug-likeness (QED) is 0.837. The summed E-state index contributed by atoms with van der Waals surface area (Å²) >= 11 is 7.51. The van der Waals surface area contributed by atoms with Crippen LogP contribution in [0.5, 0.6) is 0 Å². The van der Waals surface area contributed by atoms with Crippen molar-refractivity contribution >= 4 is 34.8 Å². The van der Waals surface area contributed by atoms with Gasteiger partial charge in [0.1, 0.15) is 4.88 Å². The molecule has 1 aromatic carbocycles. The van der Waals surface area contributed by atoms with Crippen LogP contribution in [0.15, 0.2) is 24.3 Å². The fourth-order valence-corrected chi connectivity index (χ4v) is 3.30. The second-order valence-electron chi connectivity index (χ2n) is 4.98. The van der Waals surface area contributed by atoms with Crippen molar-refractivity contribution < 1.29 is 14.3 Å². The van der Waals surface area contributed by atoms with Crippen LogP contribution in [0.4, 0.5) is 0 Å². The lowest BCUT2D eigenvalue weighted by atomic mass is 10.0. The molecule has 0 saturated heterocycles. The number of aryl methyl sites for hydroxylation is 2. The summed E-state index contributed by atoms with van der Waals surface area (Å²) in [6, 6.07) is 6.53. The number of aromatic nitrogens is 1. The summed E-state index contributed by atoms with van der Waals surface area (Å²) in [5.41, 5.74) is 1.34. The van der Waals surface area contributed by atoms with E-state index < -0.39 is 12.0 Å². The third-order valence-corrected chi connectivity index (χ3v) is 4.71. The van der Waals surface area contributed by atoms with E-state index in [0.717, 1.165) is 5.01 Å². The summed E-state index contributed by atoms with van der Waals surface area (Å²) in [4.78, 5) is 29.0. The molecular formula is C16H17ClN2O3S. The number of nitrogens with zero attached hydrogens (tertiary/aromatic N) is 1. The smallest absolute Gasteiger partial charge is 0.307 e. The zero-order valence-corrected chi connectivity index (χ0v) is 14.6. The molecule has 0 fully saturated rings. The number of esters is 1. The average Bonchev–Trinajstić information content (AvgIpc) is 2.85. The molecular weight excluding hydrogens is 336 g/mol. The molecule has 1 amide bonds. The summed E-state index contributed by atoms with van der Waals surface area (Å²) in [5, 5.41) is 4.16. The Labute approximate surface area is 143 Å². The van der Waals surface area contributed by atoms with Crippen LogP contribution < -0.4 is 5.32 Å². The highest BCUT2D eigenvalue weighted by molar-refractivity contribution is 7.13. The Morgan fingerprint density at radius 2 is 2.04 bits per heavy atom. The molecule has 0 aliphatic heterocycles. The first-order valence-corrected chi connectivity index (χ1v) is 8.18. The number of carbonyl (C=O) groups is 2. The summed E-state index contributed by atoms with van der Waals surface area (Å²) in [5.74, 6) is -0.700. The van der Waals surface area contributed by atoms with Gasteiger partial charge in [-0.25, -0.2) is 4.98 Å². The van der Waals surface area contributed by atoms with Gasteiger partial charge in [-0.2, -0.15) is 0 Å². The van der Waals surface area contributed by atoms with Crippen molar-refractivity contribution in [2.45, 2.75) is 26.3 Å². The van der Waals surface area contributed by atoms with Gasteiger partial charge in [0, 0.05) is 5.02 Å². The molecule has 0 aliphatic rings. The monoisotopic (exact) mass is 352 g/mol. The van der Waals surface area contributed by atoms with Crippen molar-refractivity contribution in [1.29, 1.82) is 0 Å². The number of ether oxygens (including phenoxy) is 1. The Morgan fingerprint density at radius 3 is 2.61 bits per heavy atom. The van der Waals surface area contributed by atoms with E-state index in [1.165, 1.54) is 18.4 Å². The Balaban J connectivity index is 2.27. The standard InChI is InChI=1S/C16H17ClN2O3S/c1-9-15(23-10(2)18-9)16(21)19-13(8-14(20)22-3)11-6-4-5-7-12(11)17/h4-7,13H,8H2,1-3H3,(H,19,21)/t13-/m1/s1. The molecule has 1 heterocycles. The van der Waals surface area contributed by atoms with Crippen LogP contribution in [0.2, 0.25) is 5.02 Å². The van der Waals surface area contributed by atoms with E-state index in [1.807, 2.05) is 6.92 Å². The van der Waals surface area contributed by atoms with Crippen molar-refractivity contribution in [1.82, 2.24) is 10.3 Å². The largest absolute Gasteiger partial charge is 0.469 e. The first-order chi connectivity index (χ1) is 10.9. The van der Waals surface area contributed by atoms with Crippen molar-refractivity contribution in [3.05, 3.63) is 50.4 Å². The van der Waals surface area contributed by atoms with Crippen LogP contribution in [0, 0.1) is 13.8 Å². The number of carbonyl (C=O) groups excluding carboxylic acids is 2. The predicted octanol–water partition coefficient (Wildman–Crippen LogP) is 3.45. The second-order valence-corrected chi connectivity index (χ2v) is 6.59. The van der Waals surface area contributed by atoms with E-state index in [9.17, 15) is 9.59 Å². The van der Waals surface area contributed by atoms with Crippen LogP contribution in [0.1, 0.15) is 38.4 Å². The first kappa shape index (κ1) is 17.4. The van der Waals surface area contributed by atoms with Crippen molar-refractivity contribution in [3.63, 3.8) is 0 Å². The highest BCUT2D eigenvalue weighted by Crippen LogP contribution is 2.26. The number of hydrogen-bond donors (Lipinski definition) is 1. The average molecular weight is 353 g/mol. The van der Waals surface area contributed by atoms with Gasteiger partial charge in [-0.3, -0.25) is 9.59 Å². The summed E-state index contributed by atoms with van der Waals surface area (Å²) in [6.07, 6.45) is 0.00278. The SMILES string of the molecule is COC(=O)C[C@@H](NC(=O)c1sc(C)nc1C)c1ccccc1Cl. The Morgan fingerprint density at radius 1 is 1.35 bits per heavy atom. The molecule has 0 spiro atoms. The first-order valence-electron chi connectivity index (χ1n) is 6.98. The summed E-state index contributed by atoms with van der Waals surface area (Å²) in [7, 11) is 1.31. The lowest BCUT2D eigenvalue weighted by molar-refractivity contribution is -0.141. The highest BCUT2D eigenvalue weighted by atomic mass is 35.5. The fraction of sp³-hybridized carbons (Fsp3) is 0.312. The molecule has 0 unspecified atom stereocenters. The number of benzene rings is 1. The Kier molecular flexibility index (Phi) is 5.74. The zero-order chi connectivity index (χ0) is 17.0. The van der Waals surface area contributed by atoms with Crippen LogP contribution >= 0.6 is 22.9 Å². The number of hydrogen-bond acceptors (Lipinski definition) is 5. The molecule has 0 radical (unpaired) electrons. The van der Waals surface area contributed by atoms with Crippen molar-refractivity contribution in [2.75, 3.05) is 7.11 Å². The predicted molar refractivity (Wildman–Crippen MR) is 89.9 cm³/mol. The summed E-state index contributed by atoms with van der Waals surface area (Å²) in [6.45, 7) is 3.62. The van der Waals surface area contributed by atoms with Gasteiger partial charge in [0.25, 0.3) is 5.91 Å². The normalized spacial score (nSPS) is 11.8. The molecule has 23 heavy (non-hydrogen) atoms. The molecule has 2 aromatic rings. The van der Waals surface area contributed by atoms with Crippen LogP contribution in [0.25, 0.3) is 0 Å².